The summed E-state index contributed by atoms with van der Waals surface area (Å²) in [6, 6.07) is 21.2. The largest absolute Gasteiger partial charge is 0.455 e. The van der Waals surface area contributed by atoms with E-state index in [0.29, 0.717) is 104 Å². The van der Waals surface area contributed by atoms with Crippen LogP contribution < -0.4 is 9.62 Å². The quantitative estimate of drug-likeness (QED) is 0.197. The molecule has 8 rings (SSSR count). The molecule has 3 aromatic carbocycles. The molecular weight excluding hydrogens is 684 g/mol. The van der Waals surface area contributed by atoms with Gasteiger partial charge in [-0.3, -0.25) is 18.4 Å². The lowest BCUT2D eigenvalue weighted by Crippen LogP contribution is -2.30. The van der Waals surface area contributed by atoms with Crippen molar-refractivity contribution in [3.63, 3.8) is 0 Å². The molecule has 1 fully saturated rings. The van der Waals surface area contributed by atoms with Crippen LogP contribution in [0.2, 0.25) is 0 Å². The second-order valence-electron chi connectivity index (χ2n) is 13.9. The highest BCUT2D eigenvalue weighted by atomic mass is 32.2. The number of carbonyl (C=O) groups excluding carboxylic acids is 1. The monoisotopic (exact) mass is 720 g/mol. The van der Waals surface area contributed by atoms with Gasteiger partial charge in [-0.1, -0.05) is 35.9 Å². The Balaban J connectivity index is 1.39. The standard InChI is InChI=1S/C39H37FN6O5S/c1-22-9-11-23(12-10-22)37-35(38(47)41-3)26-17-25(31(19-33(26)51-37)44(4)52(5,49)50)28-13-14-29-36(43-28)32-18-24-27(40)7-6-8-30(24)46(32)34(42-29)20-45-16-15-39(2,48)21-45/h6-14,17-19,48H,15-16,20-21H2,1-5H3,(H,41,47)/t39-/m1/s1. The topological polar surface area (TPSA) is 133 Å². The third-order valence-electron chi connectivity index (χ3n) is 10.00. The van der Waals surface area contributed by atoms with Crippen molar-refractivity contribution in [2.45, 2.75) is 32.4 Å². The first-order valence-corrected chi connectivity index (χ1v) is 18.8. The van der Waals surface area contributed by atoms with Gasteiger partial charge in [-0.2, -0.15) is 0 Å². The van der Waals surface area contributed by atoms with E-state index in [-0.39, 0.29) is 11.7 Å². The summed E-state index contributed by atoms with van der Waals surface area (Å²) in [5.41, 5.74) is 5.02. The second-order valence-corrected chi connectivity index (χ2v) is 15.9. The van der Waals surface area contributed by atoms with Crippen LogP contribution in [0.5, 0.6) is 0 Å². The van der Waals surface area contributed by atoms with Gasteiger partial charge in [-0.05, 0) is 56.7 Å². The molecule has 13 heteroatoms. The van der Waals surface area contributed by atoms with Gasteiger partial charge in [-0.15, -0.1) is 0 Å². The minimum Gasteiger partial charge on any atom is -0.455 e. The lowest BCUT2D eigenvalue weighted by molar-refractivity contribution is 0.0675. The highest BCUT2D eigenvalue weighted by Gasteiger charge is 2.32. The number of amides is 1. The first-order valence-electron chi connectivity index (χ1n) is 16.9. The van der Waals surface area contributed by atoms with Crippen molar-refractivity contribution in [1.29, 1.82) is 0 Å². The van der Waals surface area contributed by atoms with Crippen LogP contribution in [-0.2, 0) is 16.6 Å². The van der Waals surface area contributed by atoms with Crippen molar-refractivity contribution in [2.75, 3.05) is 37.7 Å². The van der Waals surface area contributed by atoms with Gasteiger partial charge in [0, 0.05) is 55.2 Å². The van der Waals surface area contributed by atoms with Crippen molar-refractivity contribution in [3.8, 4) is 22.6 Å². The normalized spacial score (nSPS) is 16.8. The fourth-order valence-electron chi connectivity index (χ4n) is 7.23. The van der Waals surface area contributed by atoms with Gasteiger partial charge in [-0.25, -0.2) is 22.8 Å². The predicted molar refractivity (Wildman–Crippen MR) is 200 cm³/mol. The number of hydrogen-bond acceptors (Lipinski definition) is 8. The molecule has 0 aliphatic carbocycles. The summed E-state index contributed by atoms with van der Waals surface area (Å²) in [6.07, 6.45) is 1.75. The van der Waals surface area contributed by atoms with Gasteiger partial charge in [0.05, 0.1) is 51.9 Å². The van der Waals surface area contributed by atoms with Crippen molar-refractivity contribution in [3.05, 3.63) is 95.6 Å². The number of anilines is 1. The summed E-state index contributed by atoms with van der Waals surface area (Å²) in [5.74, 6) is 0.280. The first-order chi connectivity index (χ1) is 24.7. The van der Waals surface area contributed by atoms with E-state index >= 15 is 4.39 Å². The van der Waals surface area contributed by atoms with E-state index in [1.54, 1.807) is 37.4 Å². The Hall–Kier alpha value is -5.37. The van der Waals surface area contributed by atoms with E-state index in [9.17, 15) is 18.3 Å². The van der Waals surface area contributed by atoms with Crippen molar-refractivity contribution in [2.24, 2.45) is 0 Å². The molecule has 0 radical (unpaired) electrons. The molecule has 1 atom stereocenters. The Morgan fingerprint density at radius 2 is 1.83 bits per heavy atom. The van der Waals surface area contributed by atoms with Gasteiger partial charge in [0.15, 0.2) is 0 Å². The average Bonchev–Trinajstić information content (AvgIpc) is 3.80. The van der Waals surface area contributed by atoms with Gasteiger partial charge in [0.25, 0.3) is 5.91 Å². The number of fused-ring (bicyclic) bond motifs is 6. The van der Waals surface area contributed by atoms with Crippen molar-refractivity contribution < 1.29 is 27.1 Å². The van der Waals surface area contributed by atoms with Gasteiger partial charge in [0.2, 0.25) is 10.0 Å². The fraction of sp³-hybridized carbons (Fsp3) is 0.256. The van der Waals surface area contributed by atoms with E-state index < -0.39 is 15.6 Å². The number of aryl methyl sites for hydroxylation is 1. The number of nitrogens with zero attached hydrogens (tertiary/aromatic N) is 5. The molecule has 2 N–H and O–H groups in total. The van der Waals surface area contributed by atoms with Crippen LogP contribution in [0.1, 0.15) is 35.1 Å². The zero-order valence-electron chi connectivity index (χ0n) is 29.4. The van der Waals surface area contributed by atoms with Crippen molar-refractivity contribution >= 4 is 60.0 Å². The molecule has 266 valence electrons. The number of pyridine rings is 1. The molecule has 1 amide bonds. The molecule has 4 aromatic heterocycles. The molecule has 0 bridgehead atoms. The zero-order valence-corrected chi connectivity index (χ0v) is 30.2. The summed E-state index contributed by atoms with van der Waals surface area (Å²) < 4.78 is 50.7. The number of benzene rings is 3. The Kier molecular flexibility index (Phi) is 7.86. The van der Waals surface area contributed by atoms with Crippen LogP contribution in [0.4, 0.5) is 10.1 Å². The second kappa shape index (κ2) is 12.1. The van der Waals surface area contributed by atoms with Crippen LogP contribution in [0.15, 0.2) is 77.2 Å². The maximum absolute atomic E-state index is 15.3. The number of aliphatic hydroxyl groups is 1. The predicted octanol–water partition coefficient (Wildman–Crippen LogP) is 6.28. The highest BCUT2D eigenvalue weighted by molar-refractivity contribution is 7.92. The summed E-state index contributed by atoms with van der Waals surface area (Å²) in [5, 5.41) is 14.3. The third-order valence-corrected chi connectivity index (χ3v) is 11.2. The van der Waals surface area contributed by atoms with E-state index in [4.69, 9.17) is 14.4 Å². The Bertz CT molecular complexity index is 2700. The summed E-state index contributed by atoms with van der Waals surface area (Å²) in [4.78, 5) is 25.7. The number of sulfonamides is 1. The summed E-state index contributed by atoms with van der Waals surface area (Å²) >= 11 is 0. The number of nitrogens with one attached hydrogen (secondary N) is 1. The molecule has 5 heterocycles. The lowest BCUT2D eigenvalue weighted by atomic mass is 10.00. The number of carbonyl (C=O) groups is 1. The fourth-order valence-corrected chi connectivity index (χ4v) is 7.74. The number of β-amino-alcohol motifs (C(OH)–C–C–N with tert-alkyl or cyclic N) is 1. The average molecular weight is 721 g/mol. The van der Waals surface area contributed by atoms with E-state index in [1.807, 2.05) is 54.6 Å². The molecule has 1 aliphatic heterocycles. The third kappa shape index (κ3) is 5.65. The molecule has 0 unspecified atom stereocenters. The van der Waals surface area contributed by atoms with Crippen LogP contribution >= 0.6 is 0 Å². The Morgan fingerprint density at radius 3 is 2.52 bits per heavy atom. The van der Waals surface area contributed by atoms with Gasteiger partial charge >= 0.3 is 0 Å². The summed E-state index contributed by atoms with van der Waals surface area (Å²) in [6.45, 7) is 5.39. The zero-order chi connectivity index (χ0) is 36.7. The molecule has 52 heavy (non-hydrogen) atoms. The maximum atomic E-state index is 15.3. The van der Waals surface area contributed by atoms with E-state index in [0.717, 1.165) is 16.1 Å². The van der Waals surface area contributed by atoms with Gasteiger partial charge < -0.3 is 14.8 Å². The van der Waals surface area contributed by atoms with Crippen molar-refractivity contribution in [1.82, 2.24) is 24.6 Å². The van der Waals surface area contributed by atoms with Crippen LogP contribution in [0.3, 0.4) is 0 Å². The van der Waals surface area contributed by atoms with E-state index in [2.05, 4.69) is 10.2 Å². The molecule has 0 spiro atoms. The number of likely N-dealkylation sites (tertiary alicyclic amines) is 1. The molecule has 1 aliphatic rings. The minimum atomic E-state index is -3.76. The maximum Gasteiger partial charge on any atom is 0.255 e. The number of hydrogen-bond donors (Lipinski definition) is 2. The molecule has 7 aromatic rings. The number of furan rings is 1. The smallest absolute Gasteiger partial charge is 0.255 e. The SMILES string of the molecule is CNC(=O)c1c(-c2ccc(C)cc2)oc2cc(N(C)S(C)(=O)=O)c(-c3ccc4nc(CN5CC[C@@](C)(O)C5)n5c6cccc(F)c6cc5c4n3)cc12. The number of aromatic nitrogens is 3. The van der Waals surface area contributed by atoms with Crippen LogP contribution in [0.25, 0.3) is 61.0 Å². The summed E-state index contributed by atoms with van der Waals surface area (Å²) in [7, 11) is -0.761. The Morgan fingerprint density at radius 1 is 1.06 bits per heavy atom. The minimum absolute atomic E-state index is 0.294. The number of halogens is 1. The number of rotatable bonds is 7. The molecule has 11 nitrogen and oxygen atoms in total. The highest BCUT2D eigenvalue weighted by Crippen LogP contribution is 2.42. The molecule has 0 saturated carbocycles. The van der Waals surface area contributed by atoms with Crippen LogP contribution in [-0.4, -0.2) is 77.7 Å². The van der Waals surface area contributed by atoms with Crippen LogP contribution in [0, 0.1) is 12.7 Å². The Labute approximate surface area is 299 Å². The first kappa shape index (κ1) is 33.8. The van der Waals surface area contributed by atoms with E-state index in [1.165, 1.54) is 13.1 Å². The lowest BCUT2D eigenvalue weighted by Gasteiger charge is -2.21. The molecule has 1 saturated heterocycles. The van der Waals surface area contributed by atoms with Gasteiger partial charge in [0.1, 0.15) is 28.5 Å². The molecular formula is C39H37FN6O5S.